The highest BCUT2D eigenvalue weighted by Gasteiger charge is 2.41. The van der Waals surface area contributed by atoms with Gasteiger partial charge in [0, 0.05) is 17.6 Å². The van der Waals surface area contributed by atoms with E-state index in [9.17, 15) is 23.1 Å². The van der Waals surface area contributed by atoms with Gasteiger partial charge in [0.2, 0.25) is 0 Å². The minimum Gasteiger partial charge on any atom is -0.497 e. The molecule has 204 valence electrons. The van der Waals surface area contributed by atoms with Gasteiger partial charge in [0.25, 0.3) is 0 Å². The topological polar surface area (TPSA) is 62.7 Å². The highest BCUT2D eigenvalue weighted by Crippen LogP contribution is 2.41. The number of benzene rings is 2. The smallest absolute Gasteiger partial charge is 0.309 e. The number of piperidine rings is 1. The lowest BCUT2D eigenvalue weighted by atomic mass is 9.74. The van der Waals surface area contributed by atoms with Gasteiger partial charge in [-0.3, -0.25) is 9.78 Å². The largest absolute Gasteiger partial charge is 0.497 e. The van der Waals surface area contributed by atoms with E-state index in [-0.39, 0.29) is 24.8 Å². The van der Waals surface area contributed by atoms with Crippen molar-refractivity contribution in [3.05, 3.63) is 70.7 Å². The first-order chi connectivity index (χ1) is 18.1. The predicted molar refractivity (Wildman–Crippen MR) is 136 cm³/mol. The first-order valence-corrected chi connectivity index (χ1v) is 12.8. The Hall–Kier alpha value is -3.20. The molecule has 9 heteroatoms. The molecule has 5 nitrogen and oxygen atoms in total. The van der Waals surface area contributed by atoms with Crippen LogP contribution in [-0.4, -0.2) is 47.7 Å². The van der Waals surface area contributed by atoms with Crippen molar-refractivity contribution < 1.29 is 32.2 Å². The van der Waals surface area contributed by atoms with Crippen LogP contribution in [0, 0.1) is 29.8 Å². The number of hydrogen-bond donors (Lipinski definition) is 1. The zero-order valence-electron chi connectivity index (χ0n) is 21.6. The molecular weight excluding hydrogens is 500 g/mol. The molecular formula is C29H32F4N2O3. The van der Waals surface area contributed by atoms with Crippen molar-refractivity contribution in [1.29, 1.82) is 0 Å². The third-order valence-electron chi connectivity index (χ3n) is 7.76. The number of methoxy groups -OCH3 is 1. The SMILES string of the molecule is COc1ccc2ncc(C)c(C(F)CCC3(C(=O)O)CCN(CCCc4cc(F)cc(F)c4F)CC3)c2c1. The highest BCUT2D eigenvalue weighted by molar-refractivity contribution is 5.85. The molecule has 1 aromatic heterocycles. The number of rotatable bonds is 10. The van der Waals surface area contributed by atoms with Gasteiger partial charge in [-0.1, -0.05) is 0 Å². The van der Waals surface area contributed by atoms with Crippen LogP contribution in [0.5, 0.6) is 5.75 Å². The van der Waals surface area contributed by atoms with Crippen LogP contribution >= 0.6 is 0 Å². The maximum absolute atomic E-state index is 15.7. The van der Waals surface area contributed by atoms with Crippen LogP contribution in [0.4, 0.5) is 17.6 Å². The molecule has 4 rings (SSSR count). The summed E-state index contributed by atoms with van der Waals surface area (Å²) in [6, 6.07) is 6.82. The number of carboxylic acid groups (broad SMARTS) is 1. The summed E-state index contributed by atoms with van der Waals surface area (Å²) in [6.45, 7) is 3.34. The molecule has 0 aliphatic carbocycles. The Kier molecular flexibility index (Phi) is 8.55. The second-order valence-electron chi connectivity index (χ2n) is 10.1. The van der Waals surface area contributed by atoms with E-state index < -0.39 is 35.0 Å². The number of hydrogen-bond acceptors (Lipinski definition) is 4. The van der Waals surface area contributed by atoms with E-state index in [1.54, 1.807) is 38.4 Å². The third-order valence-corrected chi connectivity index (χ3v) is 7.76. The zero-order valence-corrected chi connectivity index (χ0v) is 21.6. The molecule has 2 heterocycles. The average molecular weight is 533 g/mol. The van der Waals surface area contributed by atoms with Crippen LogP contribution in [0.15, 0.2) is 36.5 Å². The van der Waals surface area contributed by atoms with E-state index in [4.69, 9.17) is 4.74 Å². The van der Waals surface area contributed by atoms with Gasteiger partial charge in [0.1, 0.15) is 17.7 Å². The molecule has 3 aromatic rings. The van der Waals surface area contributed by atoms with Crippen molar-refractivity contribution >= 4 is 16.9 Å². The summed E-state index contributed by atoms with van der Waals surface area (Å²) >= 11 is 0. The number of nitrogens with zero attached hydrogens (tertiary/aromatic N) is 2. The van der Waals surface area contributed by atoms with Crippen LogP contribution in [0.1, 0.15) is 55.0 Å². The molecule has 0 radical (unpaired) electrons. The lowest BCUT2D eigenvalue weighted by molar-refractivity contribution is -0.153. The van der Waals surface area contributed by atoms with Crippen molar-refractivity contribution in [2.24, 2.45) is 5.41 Å². The maximum atomic E-state index is 15.7. The van der Waals surface area contributed by atoms with Crippen molar-refractivity contribution in [1.82, 2.24) is 9.88 Å². The Morgan fingerprint density at radius 1 is 1.18 bits per heavy atom. The van der Waals surface area contributed by atoms with Gasteiger partial charge < -0.3 is 14.7 Å². The number of carbonyl (C=O) groups is 1. The number of likely N-dealkylation sites (tertiary alicyclic amines) is 1. The predicted octanol–water partition coefficient (Wildman–Crippen LogP) is 6.56. The number of carboxylic acids is 1. The number of ether oxygens (including phenoxy) is 1. The summed E-state index contributed by atoms with van der Waals surface area (Å²) < 4.78 is 61.7. The fourth-order valence-corrected chi connectivity index (χ4v) is 5.44. The lowest BCUT2D eigenvalue weighted by Crippen LogP contribution is -2.44. The lowest BCUT2D eigenvalue weighted by Gasteiger charge is -2.39. The molecule has 1 saturated heterocycles. The van der Waals surface area contributed by atoms with Crippen LogP contribution in [0.25, 0.3) is 10.9 Å². The molecule has 0 bridgehead atoms. The number of aliphatic carboxylic acids is 1. The second-order valence-corrected chi connectivity index (χ2v) is 10.1. The minimum atomic E-state index is -1.36. The summed E-state index contributed by atoms with van der Waals surface area (Å²) in [6.07, 6.45) is 1.91. The molecule has 1 aliphatic rings. The molecule has 0 amide bonds. The van der Waals surface area contributed by atoms with Crippen LogP contribution < -0.4 is 4.74 Å². The number of alkyl halides is 1. The quantitative estimate of drug-likeness (QED) is 0.237. The first-order valence-electron chi connectivity index (χ1n) is 12.8. The molecule has 1 atom stereocenters. The Bertz CT molecular complexity index is 1310. The number of aryl methyl sites for hydroxylation is 2. The average Bonchev–Trinajstić information content (AvgIpc) is 2.90. The van der Waals surface area contributed by atoms with Gasteiger partial charge in [-0.2, -0.15) is 0 Å². The summed E-state index contributed by atoms with van der Waals surface area (Å²) in [5, 5.41) is 10.7. The molecule has 1 N–H and O–H groups in total. The highest BCUT2D eigenvalue weighted by atomic mass is 19.2. The Morgan fingerprint density at radius 2 is 1.92 bits per heavy atom. The molecule has 38 heavy (non-hydrogen) atoms. The van der Waals surface area contributed by atoms with Gasteiger partial charge in [-0.05, 0) is 106 Å². The van der Waals surface area contributed by atoms with Gasteiger partial charge in [-0.15, -0.1) is 0 Å². The Labute approximate surface area is 219 Å². The zero-order chi connectivity index (χ0) is 27.4. The van der Waals surface area contributed by atoms with E-state index in [0.29, 0.717) is 72.7 Å². The number of aromatic nitrogens is 1. The van der Waals surface area contributed by atoms with Crippen LogP contribution in [-0.2, 0) is 11.2 Å². The fourth-order valence-electron chi connectivity index (χ4n) is 5.44. The van der Waals surface area contributed by atoms with Gasteiger partial charge >= 0.3 is 5.97 Å². The molecule has 1 unspecified atom stereocenters. The van der Waals surface area contributed by atoms with E-state index in [0.717, 1.165) is 6.07 Å². The molecule has 0 spiro atoms. The van der Waals surface area contributed by atoms with Crippen LogP contribution in [0.2, 0.25) is 0 Å². The van der Waals surface area contributed by atoms with Crippen molar-refractivity contribution in [3.8, 4) is 5.75 Å². The molecule has 0 saturated carbocycles. The number of pyridine rings is 1. The summed E-state index contributed by atoms with van der Waals surface area (Å²) in [5.74, 6) is -3.39. The summed E-state index contributed by atoms with van der Waals surface area (Å²) in [5.41, 5.74) is 0.814. The normalized spacial score (nSPS) is 16.5. The van der Waals surface area contributed by atoms with Crippen LogP contribution in [0.3, 0.4) is 0 Å². The van der Waals surface area contributed by atoms with Gasteiger partial charge in [-0.25, -0.2) is 17.6 Å². The van der Waals surface area contributed by atoms with Gasteiger partial charge in [0.05, 0.1) is 18.0 Å². The summed E-state index contributed by atoms with van der Waals surface area (Å²) in [7, 11) is 1.54. The Morgan fingerprint density at radius 3 is 2.61 bits per heavy atom. The standard InChI is InChI=1S/C29H32F4N2O3/c1-18-17-34-25-6-5-21(38-2)16-22(25)26(18)23(31)7-8-29(28(36)37)9-12-35(13-10-29)11-3-4-19-14-20(30)15-24(32)27(19)33/h5-6,14-17,23H,3-4,7-13H2,1-2H3,(H,36,37). The molecule has 1 fully saturated rings. The summed E-state index contributed by atoms with van der Waals surface area (Å²) in [4.78, 5) is 18.8. The number of fused-ring (bicyclic) bond motifs is 1. The fraction of sp³-hybridized carbons (Fsp3) is 0.448. The first kappa shape index (κ1) is 27.8. The van der Waals surface area contributed by atoms with Crippen molar-refractivity contribution in [2.75, 3.05) is 26.7 Å². The number of halogens is 4. The minimum absolute atomic E-state index is 0.00932. The van der Waals surface area contributed by atoms with Crippen molar-refractivity contribution in [3.63, 3.8) is 0 Å². The second kappa shape index (κ2) is 11.7. The van der Waals surface area contributed by atoms with E-state index >= 15 is 4.39 Å². The molecule has 2 aromatic carbocycles. The molecule has 1 aliphatic heterocycles. The van der Waals surface area contributed by atoms with Crippen molar-refractivity contribution in [2.45, 2.75) is 51.6 Å². The van der Waals surface area contributed by atoms with Gasteiger partial charge in [0.15, 0.2) is 11.6 Å². The maximum Gasteiger partial charge on any atom is 0.309 e. The Balaban J connectivity index is 1.37. The third kappa shape index (κ3) is 5.93. The van der Waals surface area contributed by atoms with E-state index in [1.807, 2.05) is 0 Å². The van der Waals surface area contributed by atoms with E-state index in [1.165, 1.54) is 0 Å². The monoisotopic (exact) mass is 532 g/mol. The van der Waals surface area contributed by atoms with E-state index in [2.05, 4.69) is 9.88 Å².